The van der Waals surface area contributed by atoms with E-state index in [9.17, 15) is 0 Å². The van der Waals surface area contributed by atoms with Gasteiger partial charge < -0.3 is 4.98 Å². The smallest absolute Gasteiger partial charge is 0.0478 e. The summed E-state index contributed by atoms with van der Waals surface area (Å²) in [6, 6.07) is 48.6. The van der Waals surface area contributed by atoms with Crippen LogP contribution >= 0.6 is 11.3 Å². The van der Waals surface area contributed by atoms with Gasteiger partial charge in [-0.2, -0.15) is 0 Å². The Morgan fingerprint density at radius 2 is 0.952 bits per heavy atom. The number of H-pyrrole nitrogens is 1. The normalized spacial score (nSPS) is 11.6. The molecule has 1 N–H and O–H groups in total. The standard InChI is InChI=1S/C38H23NS.C2H6/c1-2-10-23(11-3-1)24-18-20-25(21-19-24)31-22-33-34(30-16-8-9-17-32(30)39-33)36-35-28-14-6-4-12-26(28)27-13-5-7-15-29(27)37(35)40-38(31)36;1-2/h1-22,39H;1-2H3. The third-order valence-corrected chi connectivity index (χ3v) is 9.64. The molecular formula is C40H29NS. The molecule has 2 heteroatoms. The lowest BCUT2D eigenvalue weighted by molar-refractivity contribution is 1.50. The van der Waals surface area contributed by atoms with Crippen LogP contribution in [0.15, 0.2) is 133 Å². The highest BCUT2D eigenvalue weighted by Crippen LogP contribution is 2.50. The summed E-state index contributed by atoms with van der Waals surface area (Å²) in [6.45, 7) is 4.00. The Labute approximate surface area is 248 Å². The molecule has 0 fully saturated rings. The van der Waals surface area contributed by atoms with Crippen LogP contribution < -0.4 is 0 Å². The molecule has 0 saturated heterocycles. The number of fused-ring (bicyclic) bond motifs is 12. The first kappa shape index (κ1) is 24.8. The molecule has 0 unspecified atom stereocenters. The van der Waals surface area contributed by atoms with Crippen LogP contribution in [0.2, 0.25) is 0 Å². The van der Waals surface area contributed by atoms with E-state index in [2.05, 4.69) is 138 Å². The fourth-order valence-electron chi connectivity index (χ4n) is 6.60. The second kappa shape index (κ2) is 9.87. The Balaban J connectivity index is 0.00000131. The first-order valence-corrected chi connectivity index (χ1v) is 15.5. The average Bonchev–Trinajstić information content (AvgIpc) is 3.65. The molecule has 0 aliphatic rings. The molecule has 9 aromatic rings. The highest BCUT2D eigenvalue weighted by molar-refractivity contribution is 7.27. The lowest BCUT2D eigenvalue weighted by atomic mass is 9.93. The number of hydrogen-bond donors (Lipinski definition) is 1. The lowest BCUT2D eigenvalue weighted by Crippen LogP contribution is -1.83. The molecule has 0 atom stereocenters. The largest absolute Gasteiger partial charge is 0.354 e. The van der Waals surface area contributed by atoms with Gasteiger partial charge in [0.15, 0.2) is 0 Å². The number of nitrogens with one attached hydrogen (secondary N) is 1. The van der Waals surface area contributed by atoms with Crippen LogP contribution in [-0.2, 0) is 0 Å². The molecule has 9 rings (SSSR count). The maximum Gasteiger partial charge on any atom is 0.0478 e. The summed E-state index contributed by atoms with van der Waals surface area (Å²) in [4.78, 5) is 3.76. The van der Waals surface area contributed by atoms with Gasteiger partial charge in [-0.3, -0.25) is 0 Å². The summed E-state index contributed by atoms with van der Waals surface area (Å²) in [6.07, 6.45) is 0. The Kier molecular flexibility index (Phi) is 5.84. The Morgan fingerprint density at radius 3 is 1.69 bits per heavy atom. The fraction of sp³-hybridized carbons (Fsp3) is 0.0500. The first-order chi connectivity index (χ1) is 20.8. The van der Waals surface area contributed by atoms with Crippen molar-refractivity contribution in [3.05, 3.63) is 133 Å². The van der Waals surface area contributed by atoms with Gasteiger partial charge in [0, 0.05) is 52.9 Å². The minimum absolute atomic E-state index is 1.18. The van der Waals surface area contributed by atoms with E-state index in [4.69, 9.17) is 0 Å². The van der Waals surface area contributed by atoms with Gasteiger partial charge in [0.2, 0.25) is 0 Å². The molecule has 1 nitrogen and oxygen atoms in total. The topological polar surface area (TPSA) is 15.8 Å². The summed E-state index contributed by atoms with van der Waals surface area (Å²) >= 11 is 1.94. The zero-order valence-corrected chi connectivity index (χ0v) is 24.4. The lowest BCUT2D eigenvalue weighted by Gasteiger charge is -2.09. The Bertz CT molecular complexity index is 2410. The monoisotopic (exact) mass is 555 g/mol. The quantitative estimate of drug-likeness (QED) is 0.204. The molecule has 2 heterocycles. The van der Waals surface area contributed by atoms with E-state index in [0.29, 0.717) is 0 Å². The van der Waals surface area contributed by atoms with Crippen molar-refractivity contribution in [1.82, 2.24) is 4.98 Å². The van der Waals surface area contributed by atoms with Crippen LogP contribution in [0.25, 0.3) is 85.8 Å². The fourth-order valence-corrected chi connectivity index (χ4v) is 7.99. The summed E-state index contributed by atoms with van der Waals surface area (Å²) < 4.78 is 2.71. The van der Waals surface area contributed by atoms with E-state index in [1.54, 1.807) is 0 Å². The predicted octanol–water partition coefficient (Wildman–Crippen LogP) is 12.4. The van der Waals surface area contributed by atoms with E-state index in [-0.39, 0.29) is 0 Å². The number of thiophene rings is 1. The van der Waals surface area contributed by atoms with E-state index >= 15 is 0 Å². The minimum Gasteiger partial charge on any atom is -0.354 e. The number of aromatic amines is 1. The number of para-hydroxylation sites is 1. The molecule has 0 aliphatic heterocycles. The van der Waals surface area contributed by atoms with Crippen molar-refractivity contribution in [3.63, 3.8) is 0 Å². The number of aromatic nitrogens is 1. The number of hydrogen-bond acceptors (Lipinski definition) is 1. The molecule has 0 radical (unpaired) electrons. The first-order valence-electron chi connectivity index (χ1n) is 14.7. The SMILES string of the molecule is CC.c1ccc(-c2ccc(-c3cc4[nH]c5ccccc5c4c4c3sc3c5ccccc5c5ccccc5c34)cc2)cc1. The molecule has 2 aromatic heterocycles. The summed E-state index contributed by atoms with van der Waals surface area (Å²) in [5, 5.41) is 10.6. The molecule has 0 bridgehead atoms. The molecule has 0 aliphatic carbocycles. The molecule has 200 valence electrons. The number of rotatable bonds is 2. The minimum atomic E-state index is 1.18. The highest BCUT2D eigenvalue weighted by Gasteiger charge is 2.21. The predicted molar refractivity (Wildman–Crippen MR) is 186 cm³/mol. The maximum atomic E-state index is 3.76. The van der Waals surface area contributed by atoms with Crippen LogP contribution in [0, 0.1) is 0 Å². The molecule has 0 spiro atoms. The second-order valence-electron chi connectivity index (χ2n) is 10.6. The van der Waals surface area contributed by atoms with Crippen molar-refractivity contribution >= 4 is 74.9 Å². The highest BCUT2D eigenvalue weighted by atomic mass is 32.1. The van der Waals surface area contributed by atoms with Gasteiger partial charge in [0.1, 0.15) is 0 Å². The van der Waals surface area contributed by atoms with Crippen molar-refractivity contribution in [2.45, 2.75) is 13.8 Å². The van der Waals surface area contributed by atoms with Crippen molar-refractivity contribution in [1.29, 1.82) is 0 Å². The number of benzene rings is 7. The molecule has 7 aromatic carbocycles. The van der Waals surface area contributed by atoms with Crippen molar-refractivity contribution in [2.24, 2.45) is 0 Å². The van der Waals surface area contributed by atoms with Crippen LogP contribution in [0.3, 0.4) is 0 Å². The Morgan fingerprint density at radius 1 is 0.405 bits per heavy atom. The molecular weight excluding hydrogens is 527 g/mol. The third-order valence-electron chi connectivity index (χ3n) is 8.39. The van der Waals surface area contributed by atoms with Crippen LogP contribution in [0.4, 0.5) is 0 Å². The summed E-state index contributed by atoms with van der Waals surface area (Å²) in [5.74, 6) is 0. The summed E-state index contributed by atoms with van der Waals surface area (Å²) in [5.41, 5.74) is 7.37. The molecule has 42 heavy (non-hydrogen) atoms. The van der Waals surface area contributed by atoms with Crippen LogP contribution in [0.1, 0.15) is 13.8 Å². The Hall–Kier alpha value is -4.92. The van der Waals surface area contributed by atoms with Gasteiger partial charge in [-0.15, -0.1) is 11.3 Å². The molecule has 0 saturated carbocycles. The van der Waals surface area contributed by atoms with Crippen molar-refractivity contribution < 1.29 is 0 Å². The van der Waals surface area contributed by atoms with Crippen molar-refractivity contribution in [2.75, 3.05) is 0 Å². The van der Waals surface area contributed by atoms with Gasteiger partial charge in [0.25, 0.3) is 0 Å². The van der Waals surface area contributed by atoms with Crippen LogP contribution in [-0.4, -0.2) is 4.98 Å². The van der Waals surface area contributed by atoms with Crippen molar-refractivity contribution in [3.8, 4) is 22.3 Å². The van der Waals surface area contributed by atoms with Gasteiger partial charge in [-0.25, -0.2) is 0 Å². The zero-order valence-electron chi connectivity index (χ0n) is 23.6. The van der Waals surface area contributed by atoms with Gasteiger partial charge >= 0.3 is 0 Å². The van der Waals surface area contributed by atoms with E-state index in [1.807, 2.05) is 25.2 Å². The van der Waals surface area contributed by atoms with Gasteiger partial charge in [-0.05, 0) is 45.0 Å². The van der Waals surface area contributed by atoms with Crippen LogP contribution in [0.5, 0.6) is 0 Å². The van der Waals surface area contributed by atoms with E-state index in [0.717, 1.165) is 0 Å². The second-order valence-corrected chi connectivity index (χ2v) is 11.6. The van der Waals surface area contributed by atoms with E-state index in [1.165, 1.54) is 85.8 Å². The zero-order chi connectivity index (χ0) is 28.2. The molecule has 0 amide bonds. The van der Waals surface area contributed by atoms with Gasteiger partial charge in [0.05, 0.1) is 0 Å². The maximum absolute atomic E-state index is 3.76. The third kappa shape index (κ3) is 3.62. The van der Waals surface area contributed by atoms with Gasteiger partial charge in [-0.1, -0.05) is 135 Å². The average molecular weight is 556 g/mol. The van der Waals surface area contributed by atoms with E-state index < -0.39 is 0 Å². The summed E-state index contributed by atoms with van der Waals surface area (Å²) in [7, 11) is 0.